The summed E-state index contributed by atoms with van der Waals surface area (Å²) in [5.41, 5.74) is 9.73. The molecule has 0 aliphatic carbocycles. The maximum atomic E-state index is 13.2. The quantitative estimate of drug-likeness (QED) is 0.721. The number of hydrogen-bond donors (Lipinski definition) is 1. The molecule has 0 radical (unpaired) electrons. The van der Waals surface area contributed by atoms with Crippen molar-refractivity contribution in [3.63, 3.8) is 0 Å². The summed E-state index contributed by atoms with van der Waals surface area (Å²) >= 11 is 5.24. The Morgan fingerprint density at radius 1 is 1.33 bits per heavy atom. The second-order valence-corrected chi connectivity index (χ2v) is 5.89. The standard InChI is InChI=1S/C17H17FN4OS/c1-10-9-13(11-3-5-12(18)6-4-11)15(16(19)24)17-20-14(7-8-23-2)21-22(10)17/h3-6,9H,7-8H2,1-2H3,(H2,19,24). The molecule has 2 aromatic heterocycles. The van der Waals surface area contributed by atoms with Crippen LogP contribution in [0.5, 0.6) is 0 Å². The fourth-order valence-electron chi connectivity index (χ4n) is 2.62. The van der Waals surface area contributed by atoms with Gasteiger partial charge in [0.1, 0.15) is 10.8 Å². The van der Waals surface area contributed by atoms with Crippen molar-refractivity contribution in [3.05, 3.63) is 53.2 Å². The van der Waals surface area contributed by atoms with Crippen molar-refractivity contribution in [2.45, 2.75) is 13.3 Å². The molecule has 0 atom stereocenters. The third kappa shape index (κ3) is 3.00. The summed E-state index contributed by atoms with van der Waals surface area (Å²) < 4.78 is 20.0. The van der Waals surface area contributed by atoms with Crippen LogP contribution in [0.3, 0.4) is 0 Å². The topological polar surface area (TPSA) is 65.4 Å². The maximum Gasteiger partial charge on any atom is 0.166 e. The lowest BCUT2D eigenvalue weighted by molar-refractivity contribution is 0.200. The number of methoxy groups -OCH3 is 1. The summed E-state index contributed by atoms with van der Waals surface area (Å²) in [5.74, 6) is 0.367. The highest BCUT2D eigenvalue weighted by atomic mass is 32.1. The van der Waals surface area contributed by atoms with E-state index in [9.17, 15) is 4.39 Å². The molecule has 0 aliphatic heterocycles. The lowest BCUT2D eigenvalue weighted by Crippen LogP contribution is -2.14. The van der Waals surface area contributed by atoms with Gasteiger partial charge in [0.2, 0.25) is 0 Å². The monoisotopic (exact) mass is 344 g/mol. The van der Waals surface area contributed by atoms with Crippen LogP contribution in [0.15, 0.2) is 30.3 Å². The minimum atomic E-state index is -0.294. The average molecular weight is 344 g/mol. The molecule has 0 unspecified atom stereocenters. The molecule has 3 rings (SSSR count). The van der Waals surface area contributed by atoms with Gasteiger partial charge in [0.25, 0.3) is 0 Å². The Balaban J connectivity index is 2.24. The SMILES string of the molecule is COCCc1nc2c(C(N)=S)c(-c3ccc(F)cc3)cc(C)n2n1. The lowest BCUT2D eigenvalue weighted by atomic mass is 10.00. The molecule has 1 aromatic carbocycles. The Morgan fingerprint density at radius 3 is 2.67 bits per heavy atom. The predicted molar refractivity (Wildman–Crippen MR) is 94.6 cm³/mol. The Bertz CT molecular complexity index is 905. The van der Waals surface area contributed by atoms with E-state index in [0.29, 0.717) is 30.1 Å². The zero-order valence-corrected chi connectivity index (χ0v) is 14.2. The number of aryl methyl sites for hydroxylation is 1. The molecule has 0 fully saturated rings. The highest BCUT2D eigenvalue weighted by Crippen LogP contribution is 2.28. The minimum absolute atomic E-state index is 0.227. The average Bonchev–Trinajstić information content (AvgIpc) is 2.97. The molecule has 24 heavy (non-hydrogen) atoms. The second-order valence-electron chi connectivity index (χ2n) is 5.45. The molecule has 0 spiro atoms. The molecule has 3 aromatic rings. The van der Waals surface area contributed by atoms with E-state index in [-0.39, 0.29) is 10.8 Å². The smallest absolute Gasteiger partial charge is 0.166 e. The molecular weight excluding hydrogens is 327 g/mol. The van der Waals surface area contributed by atoms with Crippen LogP contribution >= 0.6 is 12.2 Å². The number of ether oxygens (including phenoxy) is 1. The fourth-order valence-corrected chi connectivity index (χ4v) is 2.83. The number of fused-ring (bicyclic) bond motifs is 1. The minimum Gasteiger partial charge on any atom is -0.389 e. The van der Waals surface area contributed by atoms with Gasteiger partial charge in [0.15, 0.2) is 11.5 Å². The van der Waals surface area contributed by atoms with Crippen LogP contribution in [0, 0.1) is 12.7 Å². The number of nitrogens with zero attached hydrogens (tertiary/aromatic N) is 3. The highest BCUT2D eigenvalue weighted by molar-refractivity contribution is 7.80. The first kappa shape index (κ1) is 16.5. The van der Waals surface area contributed by atoms with Crippen molar-refractivity contribution < 1.29 is 9.13 Å². The molecule has 0 bridgehead atoms. The normalized spacial score (nSPS) is 11.1. The van der Waals surface area contributed by atoms with Gasteiger partial charge < -0.3 is 10.5 Å². The molecule has 0 saturated heterocycles. The van der Waals surface area contributed by atoms with E-state index in [1.165, 1.54) is 12.1 Å². The number of nitrogens with two attached hydrogens (primary N) is 1. The molecule has 2 heterocycles. The van der Waals surface area contributed by atoms with Gasteiger partial charge in [-0.3, -0.25) is 0 Å². The van der Waals surface area contributed by atoms with E-state index in [2.05, 4.69) is 10.1 Å². The van der Waals surface area contributed by atoms with Crippen LogP contribution in [0.25, 0.3) is 16.8 Å². The van der Waals surface area contributed by atoms with Crippen LogP contribution < -0.4 is 5.73 Å². The van der Waals surface area contributed by atoms with E-state index in [1.807, 2.05) is 13.0 Å². The molecule has 7 heteroatoms. The summed E-state index contributed by atoms with van der Waals surface area (Å²) in [4.78, 5) is 4.79. The van der Waals surface area contributed by atoms with E-state index < -0.39 is 0 Å². The first-order valence-electron chi connectivity index (χ1n) is 7.45. The zero-order chi connectivity index (χ0) is 17.3. The van der Waals surface area contributed by atoms with Crippen LogP contribution in [0.4, 0.5) is 4.39 Å². The summed E-state index contributed by atoms with van der Waals surface area (Å²) in [5, 5.41) is 4.49. The van der Waals surface area contributed by atoms with Gasteiger partial charge in [-0.2, -0.15) is 5.10 Å². The van der Waals surface area contributed by atoms with Crippen LogP contribution in [-0.2, 0) is 11.2 Å². The first-order chi connectivity index (χ1) is 11.5. The molecular formula is C17H17FN4OS. The molecule has 5 nitrogen and oxygen atoms in total. The third-order valence-corrected chi connectivity index (χ3v) is 3.97. The Morgan fingerprint density at radius 2 is 2.04 bits per heavy atom. The number of aromatic nitrogens is 3. The summed E-state index contributed by atoms with van der Waals surface area (Å²) in [6, 6.07) is 8.15. The molecule has 2 N–H and O–H groups in total. The van der Waals surface area contributed by atoms with Gasteiger partial charge in [0.05, 0.1) is 12.2 Å². The summed E-state index contributed by atoms with van der Waals surface area (Å²) in [7, 11) is 1.63. The van der Waals surface area contributed by atoms with Crippen molar-refractivity contribution in [2.75, 3.05) is 13.7 Å². The van der Waals surface area contributed by atoms with Crippen molar-refractivity contribution in [2.24, 2.45) is 5.73 Å². The summed E-state index contributed by atoms with van der Waals surface area (Å²) in [6.07, 6.45) is 0.597. The van der Waals surface area contributed by atoms with Crippen LogP contribution in [-0.4, -0.2) is 33.3 Å². The van der Waals surface area contributed by atoms with Gasteiger partial charge in [-0.15, -0.1) is 0 Å². The largest absolute Gasteiger partial charge is 0.389 e. The predicted octanol–water partition coefficient (Wildman–Crippen LogP) is 2.67. The van der Waals surface area contributed by atoms with E-state index in [0.717, 1.165) is 16.8 Å². The van der Waals surface area contributed by atoms with Crippen LogP contribution in [0.1, 0.15) is 17.1 Å². The summed E-state index contributed by atoms with van der Waals surface area (Å²) in [6.45, 7) is 2.46. The van der Waals surface area contributed by atoms with E-state index >= 15 is 0 Å². The van der Waals surface area contributed by atoms with Crippen molar-refractivity contribution in [1.29, 1.82) is 0 Å². The van der Waals surface area contributed by atoms with Gasteiger partial charge in [-0.1, -0.05) is 24.4 Å². The maximum absolute atomic E-state index is 13.2. The van der Waals surface area contributed by atoms with Crippen molar-refractivity contribution in [1.82, 2.24) is 14.6 Å². The van der Waals surface area contributed by atoms with Gasteiger partial charge in [0, 0.05) is 19.2 Å². The van der Waals surface area contributed by atoms with Gasteiger partial charge in [-0.05, 0) is 36.2 Å². The Hall–Kier alpha value is -2.38. The van der Waals surface area contributed by atoms with Crippen molar-refractivity contribution >= 4 is 22.9 Å². The third-order valence-electron chi connectivity index (χ3n) is 3.76. The van der Waals surface area contributed by atoms with Gasteiger partial charge >= 0.3 is 0 Å². The number of hydrogen-bond acceptors (Lipinski definition) is 4. The van der Waals surface area contributed by atoms with E-state index in [1.54, 1.807) is 23.8 Å². The number of thiocarbonyl (C=S) groups is 1. The zero-order valence-electron chi connectivity index (χ0n) is 13.4. The fraction of sp³-hybridized carbons (Fsp3) is 0.235. The number of benzene rings is 1. The lowest BCUT2D eigenvalue weighted by Gasteiger charge is -2.11. The second kappa shape index (κ2) is 6.62. The van der Waals surface area contributed by atoms with Crippen molar-refractivity contribution in [3.8, 4) is 11.1 Å². The Labute approximate surface area is 144 Å². The molecule has 0 aliphatic rings. The molecule has 124 valence electrons. The number of rotatable bonds is 5. The van der Waals surface area contributed by atoms with Gasteiger partial charge in [-0.25, -0.2) is 13.9 Å². The number of halogens is 1. The highest BCUT2D eigenvalue weighted by Gasteiger charge is 2.18. The Kier molecular flexibility index (Phi) is 4.55. The molecule has 0 amide bonds. The first-order valence-corrected chi connectivity index (χ1v) is 7.86. The number of pyridine rings is 1. The van der Waals surface area contributed by atoms with Crippen LogP contribution in [0.2, 0.25) is 0 Å². The van der Waals surface area contributed by atoms with E-state index in [4.69, 9.17) is 22.7 Å². The molecule has 0 saturated carbocycles.